The number of urea groups is 1. The monoisotopic (exact) mass is 568 g/mol. The molecule has 2 heterocycles. The fourth-order valence-corrected chi connectivity index (χ4v) is 3.54. The molecule has 0 aromatic heterocycles. The smallest absolute Gasteiger partial charge is 0.357 e. The van der Waals surface area contributed by atoms with Crippen LogP contribution in [0.4, 0.5) is 18.0 Å². The van der Waals surface area contributed by atoms with Gasteiger partial charge >= 0.3 is 12.2 Å². The highest BCUT2D eigenvalue weighted by atomic mass is 127. The zero-order chi connectivity index (χ0) is 22.4. The number of alkyl halides is 3. The first-order valence-electron chi connectivity index (χ1n) is 10.3. The fourth-order valence-electron chi connectivity index (χ4n) is 3.54. The lowest BCUT2D eigenvalue weighted by Crippen LogP contribution is -2.52. The molecule has 2 N–H and O–H groups in total. The van der Waals surface area contributed by atoms with Gasteiger partial charge in [0, 0.05) is 39.3 Å². The number of halogens is 4. The van der Waals surface area contributed by atoms with Crippen molar-refractivity contribution in [1.29, 1.82) is 0 Å². The molecule has 2 aliphatic heterocycles. The summed E-state index contributed by atoms with van der Waals surface area (Å²) in [5.41, 5.74) is 0.205. The van der Waals surface area contributed by atoms with Gasteiger partial charge in [-0.3, -0.25) is 19.6 Å². The maximum atomic E-state index is 12.7. The van der Waals surface area contributed by atoms with E-state index in [9.17, 15) is 22.8 Å². The van der Waals surface area contributed by atoms with E-state index in [2.05, 4.69) is 25.4 Å². The van der Waals surface area contributed by atoms with E-state index < -0.39 is 11.7 Å². The summed E-state index contributed by atoms with van der Waals surface area (Å²) < 4.78 is 38.1. The second kappa shape index (κ2) is 11.7. The maximum Gasteiger partial charge on any atom is 0.416 e. The average Bonchev–Trinajstić information content (AvgIpc) is 3.05. The van der Waals surface area contributed by atoms with Crippen LogP contribution in [0.2, 0.25) is 0 Å². The normalized spacial score (nSPS) is 17.9. The van der Waals surface area contributed by atoms with Gasteiger partial charge in [0.2, 0.25) is 5.91 Å². The van der Waals surface area contributed by atoms with Gasteiger partial charge in [-0.05, 0) is 24.6 Å². The summed E-state index contributed by atoms with van der Waals surface area (Å²) >= 11 is 0. The number of carbonyl (C=O) groups is 2. The summed E-state index contributed by atoms with van der Waals surface area (Å²) in [6, 6.07) is 4.90. The van der Waals surface area contributed by atoms with E-state index in [4.69, 9.17) is 0 Å². The molecule has 3 rings (SSSR count). The molecule has 2 fully saturated rings. The lowest BCUT2D eigenvalue weighted by molar-refractivity contribution is -0.137. The van der Waals surface area contributed by atoms with Gasteiger partial charge in [-0.25, -0.2) is 4.79 Å². The number of piperazine rings is 1. The minimum Gasteiger partial charge on any atom is -0.357 e. The summed E-state index contributed by atoms with van der Waals surface area (Å²) in [4.78, 5) is 33.3. The third-order valence-electron chi connectivity index (χ3n) is 5.22. The van der Waals surface area contributed by atoms with Gasteiger partial charge in [0.1, 0.15) is 0 Å². The Balaban J connectivity index is 0.00000363. The largest absolute Gasteiger partial charge is 0.416 e. The molecular weight excluding hydrogens is 540 g/mol. The minimum atomic E-state index is -4.32. The Bertz CT molecular complexity index is 795. The molecule has 0 atom stereocenters. The van der Waals surface area contributed by atoms with Gasteiger partial charge in [-0.1, -0.05) is 12.1 Å². The Labute approximate surface area is 202 Å². The molecule has 12 heteroatoms. The Hall–Kier alpha value is -2.09. The van der Waals surface area contributed by atoms with E-state index in [-0.39, 0.29) is 49.0 Å². The van der Waals surface area contributed by atoms with Gasteiger partial charge in [-0.2, -0.15) is 13.2 Å². The molecule has 0 aliphatic carbocycles. The maximum absolute atomic E-state index is 12.7. The van der Waals surface area contributed by atoms with Gasteiger partial charge in [-0.15, -0.1) is 24.0 Å². The first kappa shape index (κ1) is 26.2. The van der Waals surface area contributed by atoms with Crippen molar-refractivity contribution in [3.8, 4) is 0 Å². The second-order valence-electron chi connectivity index (χ2n) is 7.40. The molecular formula is C20H28F3IN6O2. The quantitative estimate of drug-likeness (QED) is 0.238. The molecule has 0 saturated carbocycles. The summed E-state index contributed by atoms with van der Waals surface area (Å²) in [5.74, 6) is 0.478. The molecule has 32 heavy (non-hydrogen) atoms. The van der Waals surface area contributed by atoms with E-state index in [1.54, 1.807) is 0 Å². The first-order chi connectivity index (χ1) is 14.8. The number of amides is 3. The van der Waals surface area contributed by atoms with Crippen molar-refractivity contribution in [1.82, 2.24) is 25.3 Å². The molecule has 0 radical (unpaired) electrons. The Morgan fingerprint density at radius 2 is 1.78 bits per heavy atom. The zero-order valence-corrected chi connectivity index (χ0v) is 20.2. The standard InChI is InChI=1S/C20H27F3N6O2.HI/c1-2-24-18(25-7-8-29-17(30)13-26-19(29)31)28-11-9-27(10-12-28)14-15-3-5-16(6-4-15)20(21,22)23;/h3-6H,2,7-14H2,1H3,(H,24,25)(H,26,31);1H. The van der Waals surface area contributed by atoms with Crippen molar-refractivity contribution in [3.63, 3.8) is 0 Å². The SMILES string of the molecule is CCNC(=NCCN1C(=O)CNC1=O)N1CCN(Cc2ccc(C(F)(F)F)cc2)CC1.I. The van der Waals surface area contributed by atoms with Crippen molar-refractivity contribution in [2.45, 2.75) is 19.6 Å². The van der Waals surface area contributed by atoms with Crippen LogP contribution >= 0.6 is 24.0 Å². The average molecular weight is 568 g/mol. The van der Waals surface area contributed by atoms with Crippen molar-refractivity contribution in [2.75, 3.05) is 52.4 Å². The lowest BCUT2D eigenvalue weighted by atomic mass is 10.1. The predicted octanol–water partition coefficient (Wildman–Crippen LogP) is 1.96. The number of rotatable bonds is 6. The van der Waals surface area contributed by atoms with E-state index in [1.807, 2.05) is 6.92 Å². The van der Waals surface area contributed by atoms with Gasteiger partial charge < -0.3 is 15.5 Å². The number of imide groups is 1. The molecule has 3 amide bonds. The van der Waals surface area contributed by atoms with Crippen LogP contribution in [0.5, 0.6) is 0 Å². The number of benzene rings is 1. The van der Waals surface area contributed by atoms with Crippen molar-refractivity contribution < 1.29 is 22.8 Å². The highest BCUT2D eigenvalue weighted by molar-refractivity contribution is 14.0. The van der Waals surface area contributed by atoms with Crippen LogP contribution in [0, 0.1) is 0 Å². The number of hydrogen-bond donors (Lipinski definition) is 2. The van der Waals surface area contributed by atoms with Crippen LogP contribution in [-0.2, 0) is 17.5 Å². The summed E-state index contributed by atoms with van der Waals surface area (Å²) in [7, 11) is 0. The van der Waals surface area contributed by atoms with Crippen LogP contribution in [0.1, 0.15) is 18.1 Å². The van der Waals surface area contributed by atoms with Gasteiger partial charge in [0.15, 0.2) is 5.96 Å². The zero-order valence-electron chi connectivity index (χ0n) is 17.8. The number of carbonyl (C=O) groups excluding carboxylic acids is 2. The highest BCUT2D eigenvalue weighted by Gasteiger charge is 2.30. The molecule has 2 saturated heterocycles. The third-order valence-corrected chi connectivity index (χ3v) is 5.22. The molecule has 0 unspecified atom stereocenters. The first-order valence-corrected chi connectivity index (χ1v) is 10.3. The van der Waals surface area contributed by atoms with Crippen molar-refractivity contribution in [3.05, 3.63) is 35.4 Å². The molecule has 1 aromatic rings. The predicted molar refractivity (Wildman–Crippen MR) is 125 cm³/mol. The van der Waals surface area contributed by atoms with Crippen molar-refractivity contribution in [2.24, 2.45) is 4.99 Å². The number of hydrogen-bond acceptors (Lipinski definition) is 4. The van der Waals surface area contributed by atoms with E-state index in [0.717, 1.165) is 54.7 Å². The minimum absolute atomic E-state index is 0. The fraction of sp³-hybridized carbons (Fsp3) is 0.550. The molecule has 0 bridgehead atoms. The number of guanidine groups is 1. The third kappa shape index (κ3) is 6.95. The second-order valence-corrected chi connectivity index (χ2v) is 7.40. The Kier molecular flexibility index (Phi) is 9.55. The van der Waals surface area contributed by atoms with Crippen LogP contribution in [0.25, 0.3) is 0 Å². The summed E-state index contributed by atoms with van der Waals surface area (Å²) in [6.45, 7) is 6.75. The van der Waals surface area contributed by atoms with Crippen LogP contribution in [0.15, 0.2) is 29.3 Å². The van der Waals surface area contributed by atoms with E-state index >= 15 is 0 Å². The van der Waals surface area contributed by atoms with Crippen LogP contribution < -0.4 is 10.6 Å². The molecule has 8 nitrogen and oxygen atoms in total. The summed E-state index contributed by atoms with van der Waals surface area (Å²) in [5, 5.41) is 5.71. The summed E-state index contributed by atoms with van der Waals surface area (Å²) in [6.07, 6.45) is -4.32. The highest BCUT2D eigenvalue weighted by Crippen LogP contribution is 2.29. The Morgan fingerprint density at radius 1 is 1.12 bits per heavy atom. The Morgan fingerprint density at radius 3 is 2.31 bits per heavy atom. The topological polar surface area (TPSA) is 80.3 Å². The van der Waals surface area contributed by atoms with Gasteiger partial charge in [0.05, 0.1) is 25.2 Å². The van der Waals surface area contributed by atoms with E-state index in [0.29, 0.717) is 19.6 Å². The van der Waals surface area contributed by atoms with E-state index in [1.165, 1.54) is 12.1 Å². The number of aliphatic imine (C=N–C) groups is 1. The molecule has 2 aliphatic rings. The molecule has 178 valence electrons. The lowest BCUT2D eigenvalue weighted by Gasteiger charge is -2.36. The number of nitrogens with zero attached hydrogens (tertiary/aromatic N) is 4. The molecule has 0 spiro atoms. The van der Waals surface area contributed by atoms with Crippen molar-refractivity contribution >= 4 is 41.9 Å². The van der Waals surface area contributed by atoms with Crippen LogP contribution in [0.3, 0.4) is 0 Å². The number of nitrogens with one attached hydrogen (secondary N) is 2. The van der Waals surface area contributed by atoms with Gasteiger partial charge in [0.25, 0.3) is 0 Å². The molecule has 1 aromatic carbocycles. The van der Waals surface area contributed by atoms with Crippen LogP contribution in [-0.4, -0.2) is 85.0 Å².